The molecule has 1 aromatic heterocycles. The minimum atomic E-state index is -0.420. The standard InChI is InChI=1S/C12H19Cl2N3O/c1-7(2)4-8(18)6-16-12-10(14)5-9(13)11(15-3)17-12/h5,7-8,18H,4,6H2,1-3H3,(H2,15,16,17). The van der Waals surface area contributed by atoms with Gasteiger partial charge in [-0.2, -0.15) is 0 Å². The lowest BCUT2D eigenvalue weighted by Crippen LogP contribution is -2.22. The predicted molar refractivity (Wildman–Crippen MR) is 77.8 cm³/mol. The molecule has 1 unspecified atom stereocenters. The van der Waals surface area contributed by atoms with Crippen molar-refractivity contribution < 1.29 is 5.11 Å². The first-order valence-corrected chi connectivity index (χ1v) is 6.65. The van der Waals surface area contributed by atoms with Crippen LogP contribution in [0.2, 0.25) is 10.0 Å². The molecule has 0 saturated heterocycles. The van der Waals surface area contributed by atoms with Crippen molar-refractivity contribution >= 4 is 34.8 Å². The number of aliphatic hydroxyl groups is 1. The largest absolute Gasteiger partial charge is 0.391 e. The van der Waals surface area contributed by atoms with Crippen LogP contribution in [0.3, 0.4) is 0 Å². The molecule has 6 heteroatoms. The molecule has 0 saturated carbocycles. The quantitative estimate of drug-likeness (QED) is 0.753. The molecule has 0 aromatic carbocycles. The number of aliphatic hydroxyl groups excluding tert-OH is 1. The van der Waals surface area contributed by atoms with Crippen molar-refractivity contribution in [3.05, 3.63) is 16.1 Å². The third kappa shape index (κ3) is 4.52. The SMILES string of the molecule is CNc1nc(NCC(O)CC(C)C)c(Cl)cc1Cl. The molecule has 1 heterocycles. The fraction of sp³-hybridized carbons (Fsp3) is 0.583. The highest BCUT2D eigenvalue weighted by Gasteiger charge is 2.11. The Morgan fingerprint density at radius 2 is 1.89 bits per heavy atom. The van der Waals surface area contributed by atoms with E-state index < -0.39 is 6.10 Å². The maximum Gasteiger partial charge on any atom is 0.147 e. The summed E-state index contributed by atoms with van der Waals surface area (Å²) >= 11 is 12.0. The molecular formula is C12H19Cl2N3O. The molecule has 0 radical (unpaired) electrons. The van der Waals surface area contributed by atoms with Crippen molar-refractivity contribution in [2.75, 3.05) is 24.2 Å². The third-order valence-electron chi connectivity index (χ3n) is 2.41. The minimum Gasteiger partial charge on any atom is -0.391 e. The second-order valence-corrected chi connectivity index (χ2v) is 5.38. The van der Waals surface area contributed by atoms with Gasteiger partial charge >= 0.3 is 0 Å². The van der Waals surface area contributed by atoms with Gasteiger partial charge in [0, 0.05) is 13.6 Å². The van der Waals surface area contributed by atoms with Gasteiger partial charge in [0.15, 0.2) is 0 Å². The summed E-state index contributed by atoms with van der Waals surface area (Å²) < 4.78 is 0. The van der Waals surface area contributed by atoms with Crippen LogP contribution in [-0.2, 0) is 0 Å². The fourth-order valence-electron chi connectivity index (χ4n) is 1.61. The van der Waals surface area contributed by atoms with Crippen LogP contribution in [-0.4, -0.2) is 29.8 Å². The van der Waals surface area contributed by atoms with Gasteiger partial charge in [0.2, 0.25) is 0 Å². The van der Waals surface area contributed by atoms with E-state index in [0.29, 0.717) is 34.1 Å². The van der Waals surface area contributed by atoms with Gasteiger partial charge < -0.3 is 15.7 Å². The summed E-state index contributed by atoms with van der Waals surface area (Å²) in [5.74, 6) is 1.53. The van der Waals surface area contributed by atoms with Crippen LogP contribution in [0, 0.1) is 5.92 Å². The highest BCUT2D eigenvalue weighted by molar-refractivity contribution is 6.37. The molecule has 0 amide bonds. The number of hydrogen-bond donors (Lipinski definition) is 3. The van der Waals surface area contributed by atoms with E-state index in [9.17, 15) is 5.11 Å². The second-order valence-electron chi connectivity index (χ2n) is 4.56. The molecule has 4 nitrogen and oxygen atoms in total. The maximum atomic E-state index is 9.78. The molecule has 1 aromatic rings. The van der Waals surface area contributed by atoms with E-state index in [-0.39, 0.29) is 0 Å². The summed E-state index contributed by atoms with van der Waals surface area (Å²) in [7, 11) is 1.74. The number of halogens is 2. The summed E-state index contributed by atoms with van der Waals surface area (Å²) in [5, 5.41) is 16.6. The minimum absolute atomic E-state index is 0.412. The molecule has 0 aliphatic carbocycles. The van der Waals surface area contributed by atoms with Crippen molar-refractivity contribution in [1.29, 1.82) is 0 Å². The maximum absolute atomic E-state index is 9.78. The first-order valence-electron chi connectivity index (χ1n) is 5.89. The van der Waals surface area contributed by atoms with Gasteiger partial charge in [-0.3, -0.25) is 0 Å². The molecule has 0 aliphatic rings. The Morgan fingerprint density at radius 1 is 1.28 bits per heavy atom. The van der Waals surface area contributed by atoms with Crippen LogP contribution in [0.4, 0.5) is 11.6 Å². The molecule has 102 valence electrons. The molecule has 0 aliphatic heterocycles. The number of aromatic nitrogens is 1. The zero-order valence-electron chi connectivity index (χ0n) is 10.8. The Hall–Kier alpha value is -0.710. The Morgan fingerprint density at radius 3 is 2.44 bits per heavy atom. The van der Waals surface area contributed by atoms with Crippen LogP contribution >= 0.6 is 23.2 Å². The van der Waals surface area contributed by atoms with Crippen molar-refractivity contribution in [2.24, 2.45) is 5.92 Å². The van der Waals surface area contributed by atoms with Gasteiger partial charge in [0.1, 0.15) is 11.6 Å². The molecule has 18 heavy (non-hydrogen) atoms. The van der Waals surface area contributed by atoms with E-state index in [2.05, 4.69) is 29.5 Å². The molecule has 0 bridgehead atoms. The summed E-state index contributed by atoms with van der Waals surface area (Å²) in [5.41, 5.74) is 0. The Bertz CT molecular complexity index is 399. The van der Waals surface area contributed by atoms with Crippen LogP contribution in [0.5, 0.6) is 0 Å². The molecule has 0 spiro atoms. The number of pyridine rings is 1. The van der Waals surface area contributed by atoms with Crippen molar-refractivity contribution in [1.82, 2.24) is 4.98 Å². The van der Waals surface area contributed by atoms with E-state index in [4.69, 9.17) is 23.2 Å². The predicted octanol–water partition coefficient (Wildman–Crippen LogP) is 3.25. The first-order chi connectivity index (χ1) is 8.43. The average molecular weight is 292 g/mol. The van der Waals surface area contributed by atoms with Gasteiger partial charge in [0.05, 0.1) is 16.1 Å². The van der Waals surface area contributed by atoms with Gasteiger partial charge in [-0.15, -0.1) is 0 Å². The Balaban J connectivity index is 2.67. The number of anilines is 2. The topological polar surface area (TPSA) is 57.2 Å². The fourth-order valence-corrected chi connectivity index (χ4v) is 2.13. The molecule has 1 rings (SSSR count). The van der Waals surface area contributed by atoms with E-state index >= 15 is 0 Å². The van der Waals surface area contributed by atoms with Gasteiger partial charge in [-0.1, -0.05) is 37.0 Å². The molecule has 1 atom stereocenters. The molecule has 3 N–H and O–H groups in total. The first kappa shape index (κ1) is 15.3. The van der Waals surface area contributed by atoms with E-state index in [1.807, 2.05) is 0 Å². The van der Waals surface area contributed by atoms with Crippen molar-refractivity contribution in [3.63, 3.8) is 0 Å². The van der Waals surface area contributed by atoms with Crippen LogP contribution in [0.15, 0.2) is 6.07 Å². The normalized spacial score (nSPS) is 12.6. The van der Waals surface area contributed by atoms with E-state index in [0.717, 1.165) is 6.42 Å². The zero-order valence-corrected chi connectivity index (χ0v) is 12.3. The summed E-state index contributed by atoms with van der Waals surface area (Å²) in [6, 6.07) is 1.62. The van der Waals surface area contributed by atoms with E-state index in [1.165, 1.54) is 0 Å². The lowest BCUT2D eigenvalue weighted by atomic mass is 10.1. The highest BCUT2D eigenvalue weighted by Crippen LogP contribution is 2.28. The Kier molecular flexibility index (Phi) is 5.99. The van der Waals surface area contributed by atoms with Gasteiger partial charge in [-0.05, 0) is 18.4 Å². The third-order valence-corrected chi connectivity index (χ3v) is 2.99. The average Bonchev–Trinajstić information content (AvgIpc) is 2.27. The lowest BCUT2D eigenvalue weighted by molar-refractivity contribution is 0.161. The number of rotatable bonds is 6. The second kappa shape index (κ2) is 7.02. The van der Waals surface area contributed by atoms with Gasteiger partial charge in [0.25, 0.3) is 0 Å². The zero-order chi connectivity index (χ0) is 13.7. The monoisotopic (exact) mass is 291 g/mol. The molecular weight excluding hydrogens is 273 g/mol. The Labute approximate surface area is 118 Å². The number of hydrogen-bond acceptors (Lipinski definition) is 4. The van der Waals surface area contributed by atoms with Crippen LogP contribution < -0.4 is 10.6 Å². The molecule has 0 fully saturated rings. The van der Waals surface area contributed by atoms with Gasteiger partial charge in [-0.25, -0.2) is 4.98 Å². The van der Waals surface area contributed by atoms with Crippen LogP contribution in [0.1, 0.15) is 20.3 Å². The summed E-state index contributed by atoms with van der Waals surface area (Å²) in [6.45, 7) is 4.54. The lowest BCUT2D eigenvalue weighted by Gasteiger charge is -2.15. The number of nitrogens with one attached hydrogen (secondary N) is 2. The summed E-state index contributed by atoms with van der Waals surface area (Å²) in [6.07, 6.45) is 0.313. The number of nitrogens with zero attached hydrogens (tertiary/aromatic N) is 1. The smallest absolute Gasteiger partial charge is 0.147 e. The van der Waals surface area contributed by atoms with E-state index in [1.54, 1.807) is 13.1 Å². The van der Waals surface area contributed by atoms with Crippen LogP contribution in [0.25, 0.3) is 0 Å². The van der Waals surface area contributed by atoms with Crippen molar-refractivity contribution in [3.8, 4) is 0 Å². The highest BCUT2D eigenvalue weighted by atomic mass is 35.5. The van der Waals surface area contributed by atoms with Crippen molar-refractivity contribution in [2.45, 2.75) is 26.4 Å². The summed E-state index contributed by atoms with van der Waals surface area (Å²) in [4.78, 5) is 4.24.